The van der Waals surface area contributed by atoms with Gasteiger partial charge in [-0.15, -0.1) is 0 Å². The number of carbonyl (C=O) groups is 3. The molecule has 2 saturated heterocycles. The summed E-state index contributed by atoms with van der Waals surface area (Å²) in [5.41, 5.74) is 1.04. The number of halogens is 3. The molecule has 0 unspecified atom stereocenters. The van der Waals surface area contributed by atoms with E-state index in [1.165, 1.54) is 7.11 Å². The fourth-order valence-corrected chi connectivity index (χ4v) is 7.90. The smallest absolute Gasteiger partial charge is 0.434 e. The molecular formula is C38H39F3N10O4. The largest absolute Gasteiger partial charge is 0.494 e. The minimum atomic E-state index is -4.73. The van der Waals surface area contributed by atoms with E-state index in [1.54, 1.807) is 23.2 Å². The van der Waals surface area contributed by atoms with Crippen LogP contribution in [0.25, 0.3) is 21.7 Å². The summed E-state index contributed by atoms with van der Waals surface area (Å²) in [5.74, 6) is -0.217. The number of alkyl halides is 3. The van der Waals surface area contributed by atoms with Crippen molar-refractivity contribution in [1.82, 2.24) is 34.9 Å². The van der Waals surface area contributed by atoms with Crippen molar-refractivity contribution in [3.05, 3.63) is 72.7 Å². The van der Waals surface area contributed by atoms with Crippen LogP contribution in [0.3, 0.4) is 0 Å². The number of hydrogen-bond donors (Lipinski definition) is 2. The van der Waals surface area contributed by atoms with Crippen LogP contribution >= 0.6 is 0 Å². The molecule has 0 atom stereocenters. The van der Waals surface area contributed by atoms with Crippen LogP contribution < -0.4 is 25.2 Å². The number of methoxy groups -OCH3 is 1. The summed E-state index contributed by atoms with van der Waals surface area (Å²) in [5, 5.41) is 12.5. The van der Waals surface area contributed by atoms with Gasteiger partial charge in [0.25, 0.3) is 5.91 Å². The summed E-state index contributed by atoms with van der Waals surface area (Å²) >= 11 is 0. The molecule has 5 aromatic rings. The van der Waals surface area contributed by atoms with Gasteiger partial charge in [0.05, 0.1) is 48.6 Å². The number of amides is 4. The zero-order valence-corrected chi connectivity index (χ0v) is 30.1. The highest BCUT2D eigenvalue weighted by molar-refractivity contribution is 6.11. The second kappa shape index (κ2) is 14.8. The second-order valence-corrected chi connectivity index (χ2v) is 14.2. The number of fused-ring (bicyclic) bond motifs is 2. The number of pyridine rings is 1. The van der Waals surface area contributed by atoms with Crippen LogP contribution in [0.4, 0.5) is 35.0 Å². The minimum absolute atomic E-state index is 0.214. The van der Waals surface area contributed by atoms with Crippen LogP contribution in [0.2, 0.25) is 0 Å². The highest BCUT2D eigenvalue weighted by atomic mass is 19.4. The number of hydrogen-bond acceptors (Lipinski definition) is 10. The Morgan fingerprint density at radius 3 is 2.47 bits per heavy atom. The average Bonchev–Trinajstić information content (AvgIpc) is 3.60. The zero-order chi connectivity index (χ0) is 38.3. The average molecular weight is 757 g/mol. The highest BCUT2D eigenvalue weighted by Gasteiger charge is 2.34. The maximum Gasteiger partial charge on any atom is 0.434 e. The molecule has 286 valence electrons. The molecule has 8 rings (SSSR count). The third-order valence-electron chi connectivity index (χ3n) is 10.8. The molecule has 4 amide bonds. The fraction of sp³-hybridized carbons (Fsp3) is 0.395. The predicted octanol–water partition coefficient (Wildman–Crippen LogP) is 5.65. The summed E-state index contributed by atoms with van der Waals surface area (Å²) in [4.78, 5) is 55.1. The number of ether oxygens (including phenoxy) is 1. The lowest BCUT2D eigenvalue weighted by molar-refractivity contribution is -0.141. The first-order valence-electron chi connectivity index (χ1n) is 18.3. The third-order valence-corrected chi connectivity index (χ3v) is 10.8. The Bertz CT molecular complexity index is 2260. The lowest BCUT2D eigenvalue weighted by Gasteiger charge is -2.39. The molecule has 1 aliphatic carbocycles. The van der Waals surface area contributed by atoms with Gasteiger partial charge in [0.15, 0.2) is 5.69 Å². The van der Waals surface area contributed by atoms with Crippen molar-refractivity contribution < 1.29 is 32.3 Å². The molecule has 14 nitrogen and oxygen atoms in total. The summed E-state index contributed by atoms with van der Waals surface area (Å²) in [6.45, 7) is 4.96. The van der Waals surface area contributed by atoms with Gasteiger partial charge in [-0.05, 0) is 43.7 Å². The number of nitrogens with zero attached hydrogens (tertiary/aromatic N) is 8. The molecule has 0 bridgehead atoms. The molecule has 17 heteroatoms. The Labute approximate surface area is 313 Å². The summed E-state index contributed by atoms with van der Waals surface area (Å²) < 4.78 is 46.8. The Hall–Kier alpha value is -5.84. The number of benzene rings is 2. The van der Waals surface area contributed by atoms with Crippen molar-refractivity contribution in [3.8, 4) is 5.75 Å². The van der Waals surface area contributed by atoms with Crippen LogP contribution in [0, 0.1) is 5.92 Å². The number of rotatable bonds is 8. The van der Waals surface area contributed by atoms with Gasteiger partial charge in [-0.2, -0.15) is 18.3 Å². The van der Waals surface area contributed by atoms with Crippen molar-refractivity contribution in [1.29, 1.82) is 0 Å². The number of urea groups is 1. The van der Waals surface area contributed by atoms with Crippen LogP contribution in [0.1, 0.15) is 54.3 Å². The maximum absolute atomic E-state index is 13.1. The number of piperazine rings is 1. The van der Waals surface area contributed by atoms with E-state index in [1.807, 2.05) is 29.2 Å². The highest BCUT2D eigenvalue weighted by Crippen LogP contribution is 2.37. The molecule has 55 heavy (non-hydrogen) atoms. The van der Waals surface area contributed by atoms with Crippen molar-refractivity contribution in [2.24, 2.45) is 5.92 Å². The van der Waals surface area contributed by atoms with Gasteiger partial charge in [-0.1, -0.05) is 12.1 Å². The third kappa shape index (κ3) is 7.48. The zero-order valence-electron chi connectivity index (χ0n) is 30.1. The second-order valence-electron chi connectivity index (χ2n) is 14.2. The Kier molecular flexibility index (Phi) is 9.71. The molecule has 3 fully saturated rings. The van der Waals surface area contributed by atoms with E-state index >= 15 is 0 Å². The van der Waals surface area contributed by atoms with Crippen molar-refractivity contribution in [3.63, 3.8) is 0 Å². The van der Waals surface area contributed by atoms with Gasteiger partial charge < -0.3 is 15.0 Å². The van der Waals surface area contributed by atoms with E-state index in [2.05, 4.69) is 41.5 Å². The summed E-state index contributed by atoms with van der Waals surface area (Å²) in [7, 11) is 1.44. The van der Waals surface area contributed by atoms with Gasteiger partial charge in [0.2, 0.25) is 5.91 Å². The fourth-order valence-electron chi connectivity index (χ4n) is 7.90. The van der Waals surface area contributed by atoms with Crippen LogP contribution in [0.15, 0.2) is 61.3 Å². The maximum atomic E-state index is 13.1. The van der Waals surface area contributed by atoms with E-state index in [9.17, 15) is 27.6 Å². The van der Waals surface area contributed by atoms with Gasteiger partial charge in [-0.3, -0.25) is 39.4 Å². The van der Waals surface area contributed by atoms with Crippen LogP contribution in [0.5, 0.6) is 5.75 Å². The normalized spacial score (nSPS) is 19.9. The topological polar surface area (TPSA) is 151 Å². The van der Waals surface area contributed by atoms with Gasteiger partial charge in [-0.25, -0.2) is 9.78 Å². The molecule has 5 heterocycles. The predicted molar refractivity (Wildman–Crippen MR) is 198 cm³/mol. The summed E-state index contributed by atoms with van der Waals surface area (Å²) in [6, 6.07) is 9.30. The first-order chi connectivity index (χ1) is 26.5. The monoisotopic (exact) mass is 756 g/mol. The van der Waals surface area contributed by atoms with Crippen LogP contribution in [-0.2, 0) is 11.0 Å². The molecule has 2 aromatic carbocycles. The Balaban J connectivity index is 0.867. The van der Waals surface area contributed by atoms with Crippen LogP contribution in [-0.4, -0.2) is 93.9 Å². The standard InChI is InChI=1S/C38H39F3N10O4/c1-55-33-16-28-24(15-29(33)45-36(53)30-18-43-20-34(44-30)38(39,40)41)22-51(47-28)25-7-5-23(6-8-25)21-48-11-13-49(14-12-48)31-4-2-3-26-27(31)17-42-19-32(26)50-10-9-35(52)46-37(50)54/h2-4,15-20,22-23,25H,5-14,21H2,1H3,(H,45,53)(H,46,52,54). The van der Waals surface area contributed by atoms with Crippen molar-refractivity contribution >= 4 is 56.6 Å². The number of carbonyl (C=O) groups excluding carboxylic acids is 3. The van der Waals surface area contributed by atoms with E-state index in [-0.39, 0.29) is 24.1 Å². The molecule has 3 aliphatic rings. The number of anilines is 3. The first kappa shape index (κ1) is 36.2. The van der Waals surface area contributed by atoms with E-state index in [0.717, 1.165) is 86.4 Å². The SMILES string of the molecule is COc1cc2nn(C3CCC(CN4CCN(c5cccc6c(N7CCC(=O)NC7=O)cncc56)CC4)CC3)cc2cc1NC(=O)c1cncc(C(F)(F)F)n1. The van der Waals surface area contributed by atoms with E-state index in [0.29, 0.717) is 35.6 Å². The number of nitrogens with one attached hydrogen (secondary N) is 2. The molecule has 2 aliphatic heterocycles. The Morgan fingerprint density at radius 1 is 0.945 bits per heavy atom. The Morgan fingerprint density at radius 2 is 1.73 bits per heavy atom. The van der Waals surface area contributed by atoms with Gasteiger partial charge >= 0.3 is 12.2 Å². The van der Waals surface area contributed by atoms with Crippen molar-refractivity contribution in [2.75, 3.05) is 61.5 Å². The van der Waals surface area contributed by atoms with Crippen molar-refractivity contribution in [2.45, 2.75) is 44.3 Å². The summed E-state index contributed by atoms with van der Waals surface area (Å²) in [6.07, 6.45) is 6.63. The molecule has 1 saturated carbocycles. The van der Waals surface area contributed by atoms with E-state index < -0.39 is 29.5 Å². The lowest BCUT2D eigenvalue weighted by Crippen LogP contribution is -2.49. The quantitative estimate of drug-likeness (QED) is 0.203. The minimum Gasteiger partial charge on any atom is -0.494 e. The molecule has 3 aromatic heterocycles. The molecular weight excluding hydrogens is 717 g/mol. The lowest BCUT2D eigenvalue weighted by atomic mass is 9.85. The molecule has 2 N–H and O–H groups in total. The molecule has 0 spiro atoms. The van der Waals surface area contributed by atoms with Gasteiger partial charge in [0.1, 0.15) is 11.4 Å². The van der Waals surface area contributed by atoms with E-state index in [4.69, 9.17) is 9.84 Å². The number of aromatic nitrogens is 5. The first-order valence-corrected chi connectivity index (χ1v) is 18.3. The molecule has 0 radical (unpaired) electrons. The van der Waals surface area contributed by atoms with Gasteiger partial charge in [0, 0.05) is 86.0 Å². The number of imide groups is 1.